The minimum atomic E-state index is 0. The molecule has 5 heteroatoms. The van der Waals surface area contributed by atoms with E-state index in [0.29, 0.717) is 0 Å². The summed E-state index contributed by atoms with van der Waals surface area (Å²) in [6.07, 6.45) is 3.56. The Morgan fingerprint density at radius 3 is 2.35 bits per heavy atom. The monoisotopic (exact) mass is 380 g/mol. The Morgan fingerprint density at radius 2 is 1.69 bits per heavy atom. The fraction of sp³-hybridized carbons (Fsp3) is 0. The molecule has 0 aliphatic heterocycles. The molecule has 1 N–H and O–H groups in total. The van der Waals surface area contributed by atoms with Gasteiger partial charge in [0, 0.05) is 18.0 Å². The Hall–Kier alpha value is -3.01. The number of imidazole rings is 1. The normalized spacial score (nSPS) is 10.0. The van der Waals surface area contributed by atoms with Gasteiger partial charge in [0.2, 0.25) is 0 Å². The van der Waals surface area contributed by atoms with Gasteiger partial charge < -0.3 is 4.98 Å². The second kappa shape index (κ2) is 8.39. The molecule has 0 spiro atoms. The van der Waals surface area contributed by atoms with Crippen molar-refractivity contribution >= 4 is 11.2 Å². The van der Waals surface area contributed by atoms with Gasteiger partial charge in [-0.3, -0.25) is 4.98 Å². The average Bonchev–Trinajstić information content (AvgIpc) is 3.44. The van der Waals surface area contributed by atoms with Crippen LogP contribution in [0.1, 0.15) is 0 Å². The zero-order valence-corrected chi connectivity index (χ0v) is 15.0. The maximum Gasteiger partial charge on any atom is 2.00 e. The first kappa shape index (κ1) is 17.8. The van der Waals surface area contributed by atoms with Gasteiger partial charge in [-0.2, -0.15) is 30.3 Å². The second-order valence-corrected chi connectivity index (χ2v) is 5.53. The van der Waals surface area contributed by atoms with Gasteiger partial charge in [-0.1, -0.05) is 5.56 Å². The van der Waals surface area contributed by atoms with E-state index in [-0.39, 0.29) is 17.1 Å². The van der Waals surface area contributed by atoms with E-state index in [1.165, 1.54) is 0 Å². The smallest absolute Gasteiger partial charge is 0.347 e. The van der Waals surface area contributed by atoms with Crippen LogP contribution >= 0.6 is 0 Å². The zero-order chi connectivity index (χ0) is 16.9. The van der Waals surface area contributed by atoms with Crippen LogP contribution in [-0.2, 0) is 17.1 Å². The summed E-state index contributed by atoms with van der Waals surface area (Å²) in [7, 11) is 0. The maximum atomic E-state index is 4.59. The second-order valence-electron chi connectivity index (χ2n) is 5.53. The van der Waals surface area contributed by atoms with Gasteiger partial charge >= 0.3 is 17.1 Å². The van der Waals surface area contributed by atoms with E-state index in [0.717, 1.165) is 33.8 Å². The van der Waals surface area contributed by atoms with Gasteiger partial charge in [-0.25, -0.2) is 34.2 Å². The molecule has 0 saturated carbocycles. The summed E-state index contributed by atoms with van der Waals surface area (Å²) >= 11 is 0. The van der Waals surface area contributed by atoms with Crippen LogP contribution < -0.4 is 0 Å². The number of H-pyrrole nitrogens is 1. The molecule has 5 rings (SSSR count). The van der Waals surface area contributed by atoms with Crippen molar-refractivity contribution in [3.8, 4) is 22.6 Å². The molecule has 0 saturated heterocycles. The predicted molar refractivity (Wildman–Crippen MR) is 100 cm³/mol. The molecule has 26 heavy (non-hydrogen) atoms. The number of fused-ring (bicyclic) bond motifs is 1. The molecule has 3 heterocycles. The van der Waals surface area contributed by atoms with Crippen LogP contribution in [0.15, 0.2) is 91.3 Å². The van der Waals surface area contributed by atoms with Crippen LogP contribution in [0.2, 0.25) is 0 Å². The van der Waals surface area contributed by atoms with Crippen molar-refractivity contribution in [1.82, 2.24) is 19.9 Å². The zero-order valence-electron chi connectivity index (χ0n) is 13.9. The molecule has 0 radical (unpaired) electrons. The van der Waals surface area contributed by atoms with Crippen LogP contribution in [0, 0.1) is 0 Å². The van der Waals surface area contributed by atoms with Crippen molar-refractivity contribution in [1.29, 1.82) is 0 Å². The first-order valence-electron chi connectivity index (χ1n) is 8.06. The SMILES string of the molecule is [Fe+2].c1cc[cH-]c1.c1cncc(-c2ccc3[nH]c(-[c-]4cccc4)nc3n2)c1. The van der Waals surface area contributed by atoms with Crippen LogP contribution in [0.25, 0.3) is 33.8 Å². The van der Waals surface area contributed by atoms with Crippen molar-refractivity contribution in [3.05, 3.63) is 91.3 Å². The van der Waals surface area contributed by atoms with Crippen molar-refractivity contribution in [3.63, 3.8) is 0 Å². The summed E-state index contributed by atoms with van der Waals surface area (Å²) in [5, 5.41) is 0. The molecule has 3 aromatic heterocycles. The number of pyridine rings is 2. The molecule has 0 aliphatic rings. The molecule has 0 fully saturated rings. The average molecular weight is 380 g/mol. The molecule has 5 aromatic rings. The number of aromatic amines is 1. The fourth-order valence-electron chi connectivity index (χ4n) is 2.56. The van der Waals surface area contributed by atoms with Gasteiger partial charge in [0.15, 0.2) is 5.65 Å². The first-order chi connectivity index (χ1) is 12.4. The van der Waals surface area contributed by atoms with Crippen molar-refractivity contribution in [2.45, 2.75) is 0 Å². The summed E-state index contributed by atoms with van der Waals surface area (Å²) in [5.41, 5.74) is 4.61. The molecular formula is C21H16FeN4. The summed E-state index contributed by atoms with van der Waals surface area (Å²) in [4.78, 5) is 16.6. The van der Waals surface area contributed by atoms with Gasteiger partial charge in [-0.15, -0.1) is 0 Å². The number of nitrogens with one attached hydrogen (secondary N) is 1. The van der Waals surface area contributed by atoms with Gasteiger partial charge in [-0.05, 0) is 24.3 Å². The minimum absolute atomic E-state index is 0. The van der Waals surface area contributed by atoms with Crippen molar-refractivity contribution in [2.75, 3.05) is 0 Å². The number of hydrogen-bond acceptors (Lipinski definition) is 3. The third-order valence-corrected chi connectivity index (χ3v) is 3.79. The molecular weight excluding hydrogens is 364 g/mol. The number of hydrogen-bond donors (Lipinski definition) is 1. The van der Waals surface area contributed by atoms with Crippen LogP contribution in [0.3, 0.4) is 0 Å². The summed E-state index contributed by atoms with van der Waals surface area (Å²) < 4.78 is 0. The topological polar surface area (TPSA) is 54.5 Å². The van der Waals surface area contributed by atoms with E-state index in [9.17, 15) is 0 Å². The molecule has 0 bridgehead atoms. The van der Waals surface area contributed by atoms with Gasteiger partial charge in [0.1, 0.15) is 0 Å². The van der Waals surface area contributed by atoms with E-state index < -0.39 is 0 Å². The standard InChI is InChI=1S/C16H11N4.C5H5.Fe/c1-2-5-11(4-1)15-19-14-8-7-13(18-16(14)20-15)12-6-3-9-17-10-12;1-2-4-5-3-1;/h1-10H,(H,18,19,20);1-5H;/q2*-1;+2. The fourth-order valence-corrected chi connectivity index (χ4v) is 2.56. The van der Waals surface area contributed by atoms with Crippen molar-refractivity contribution in [2.24, 2.45) is 0 Å². The minimum Gasteiger partial charge on any atom is -0.347 e. The van der Waals surface area contributed by atoms with E-state index in [1.54, 1.807) is 12.4 Å². The summed E-state index contributed by atoms with van der Waals surface area (Å²) in [6, 6.07) is 25.9. The Morgan fingerprint density at radius 1 is 0.885 bits per heavy atom. The Bertz CT molecular complexity index is 1020. The van der Waals surface area contributed by atoms with Crippen molar-refractivity contribution < 1.29 is 17.1 Å². The molecule has 128 valence electrons. The number of nitrogens with zero attached hydrogens (tertiary/aromatic N) is 3. The molecule has 4 nitrogen and oxygen atoms in total. The molecule has 0 unspecified atom stereocenters. The van der Waals surface area contributed by atoms with Crippen LogP contribution in [0.5, 0.6) is 0 Å². The number of aromatic nitrogens is 4. The molecule has 0 aliphatic carbocycles. The summed E-state index contributed by atoms with van der Waals surface area (Å²) in [6.45, 7) is 0. The van der Waals surface area contributed by atoms with Gasteiger partial charge in [0.25, 0.3) is 0 Å². The number of rotatable bonds is 2. The van der Waals surface area contributed by atoms with E-state index in [1.807, 2.05) is 78.9 Å². The molecule has 0 atom stereocenters. The summed E-state index contributed by atoms with van der Waals surface area (Å²) in [5.74, 6) is 0.848. The van der Waals surface area contributed by atoms with E-state index >= 15 is 0 Å². The Kier molecular flexibility index (Phi) is 5.74. The quantitative estimate of drug-likeness (QED) is 0.353. The Balaban J connectivity index is 0.000000285. The third kappa shape index (κ3) is 3.97. The van der Waals surface area contributed by atoms with E-state index in [2.05, 4.69) is 19.9 Å². The largest absolute Gasteiger partial charge is 2.00 e. The maximum absolute atomic E-state index is 4.59. The Labute approximate surface area is 162 Å². The predicted octanol–water partition coefficient (Wildman–Crippen LogP) is 4.81. The van der Waals surface area contributed by atoms with Crippen LogP contribution in [-0.4, -0.2) is 19.9 Å². The third-order valence-electron chi connectivity index (χ3n) is 3.79. The van der Waals surface area contributed by atoms with Gasteiger partial charge in [0.05, 0.1) is 17.0 Å². The van der Waals surface area contributed by atoms with Crippen LogP contribution in [0.4, 0.5) is 0 Å². The van der Waals surface area contributed by atoms with E-state index in [4.69, 9.17) is 0 Å². The first-order valence-corrected chi connectivity index (χ1v) is 8.06. The molecule has 2 aromatic carbocycles. The molecule has 0 amide bonds.